The average Bonchev–Trinajstić information content (AvgIpc) is 2.83. The van der Waals surface area contributed by atoms with Crippen molar-refractivity contribution in [2.45, 2.75) is 6.61 Å². The Morgan fingerprint density at radius 1 is 1.06 bits per heavy atom. The molecule has 1 aromatic carbocycles. The van der Waals surface area contributed by atoms with E-state index in [-0.39, 0.29) is 0 Å². The molecule has 18 heavy (non-hydrogen) atoms. The molecule has 0 spiro atoms. The van der Waals surface area contributed by atoms with Gasteiger partial charge in [-0.15, -0.1) is 6.42 Å². The highest BCUT2D eigenvalue weighted by Gasteiger charge is 2.05. The molecule has 0 N–H and O–H groups in total. The maximum atomic E-state index is 5.43. The number of fused-ring (bicyclic) bond motifs is 3. The molecule has 2 nitrogen and oxygen atoms in total. The third-order valence-corrected chi connectivity index (χ3v) is 3.04. The second-order valence-electron chi connectivity index (χ2n) is 4.17. The molecule has 0 atom stereocenters. The number of hydrogen-bond donors (Lipinski definition) is 0. The summed E-state index contributed by atoms with van der Waals surface area (Å²) in [5.41, 5.74) is 3.49. The molecule has 2 heterocycles. The highest BCUT2D eigenvalue weighted by atomic mass is 16.5. The Morgan fingerprint density at radius 2 is 1.89 bits per heavy atom. The van der Waals surface area contributed by atoms with Gasteiger partial charge in [-0.25, -0.2) is 0 Å². The van der Waals surface area contributed by atoms with Gasteiger partial charge in [0.2, 0.25) is 0 Å². The molecule has 3 rings (SSSR count). The molecular formula is C16H13NO. The summed E-state index contributed by atoms with van der Waals surface area (Å²) in [4.78, 5) is 0. The summed E-state index contributed by atoms with van der Waals surface area (Å²) in [6.07, 6.45) is 5.19. The van der Waals surface area contributed by atoms with E-state index in [0.717, 1.165) is 5.69 Å². The van der Waals surface area contributed by atoms with Crippen LogP contribution in [0, 0.1) is 12.3 Å². The zero-order chi connectivity index (χ0) is 12.4. The first-order valence-corrected chi connectivity index (χ1v) is 5.89. The van der Waals surface area contributed by atoms with Gasteiger partial charge in [0.05, 0.1) is 12.1 Å². The van der Waals surface area contributed by atoms with Crippen LogP contribution >= 0.6 is 0 Å². The van der Waals surface area contributed by atoms with Crippen molar-refractivity contribution in [3.05, 3.63) is 54.2 Å². The van der Waals surface area contributed by atoms with Gasteiger partial charge in [-0.3, -0.25) is 0 Å². The lowest BCUT2D eigenvalue weighted by molar-refractivity contribution is 0.150. The van der Waals surface area contributed by atoms with Gasteiger partial charge < -0.3 is 9.14 Å². The van der Waals surface area contributed by atoms with Gasteiger partial charge in [0, 0.05) is 11.2 Å². The van der Waals surface area contributed by atoms with Crippen LogP contribution in [0.3, 0.4) is 0 Å². The molecule has 0 unspecified atom stereocenters. The number of ether oxygens (including phenoxy) is 1. The van der Waals surface area contributed by atoms with E-state index in [9.17, 15) is 0 Å². The first-order chi connectivity index (χ1) is 8.90. The molecule has 0 aliphatic rings. The summed E-state index contributed by atoms with van der Waals surface area (Å²) >= 11 is 0. The van der Waals surface area contributed by atoms with E-state index in [1.165, 1.54) is 16.4 Å². The first kappa shape index (κ1) is 10.9. The number of terminal acetylenes is 1. The van der Waals surface area contributed by atoms with Crippen molar-refractivity contribution in [1.82, 2.24) is 4.40 Å². The van der Waals surface area contributed by atoms with Gasteiger partial charge in [0.1, 0.15) is 6.61 Å². The van der Waals surface area contributed by atoms with Crippen molar-refractivity contribution in [3.8, 4) is 12.3 Å². The molecule has 2 heteroatoms. The fraction of sp³-hybridized carbons (Fsp3) is 0.125. The third kappa shape index (κ3) is 1.75. The van der Waals surface area contributed by atoms with E-state index in [2.05, 4.69) is 46.7 Å². The maximum Gasteiger partial charge on any atom is 0.107 e. The quantitative estimate of drug-likeness (QED) is 0.502. The lowest BCUT2D eigenvalue weighted by Gasteiger charge is -2.07. The van der Waals surface area contributed by atoms with Gasteiger partial charge in [-0.05, 0) is 29.7 Å². The highest BCUT2D eigenvalue weighted by Crippen LogP contribution is 2.20. The lowest BCUT2D eigenvalue weighted by Crippen LogP contribution is -1.98. The third-order valence-electron chi connectivity index (χ3n) is 3.04. The second kappa shape index (κ2) is 4.56. The Morgan fingerprint density at radius 3 is 2.78 bits per heavy atom. The fourth-order valence-corrected chi connectivity index (χ4v) is 2.25. The highest BCUT2D eigenvalue weighted by molar-refractivity contribution is 5.83. The van der Waals surface area contributed by atoms with Gasteiger partial charge in [-0.1, -0.05) is 30.2 Å². The van der Waals surface area contributed by atoms with E-state index in [0.29, 0.717) is 13.2 Å². The zero-order valence-corrected chi connectivity index (χ0v) is 9.97. The van der Waals surface area contributed by atoms with Crippen molar-refractivity contribution in [2.24, 2.45) is 0 Å². The SMILES string of the molecule is C#CCOCc1ccc2ccc3ccccc3n12. The Hall–Kier alpha value is -2.24. The van der Waals surface area contributed by atoms with Crippen LogP contribution < -0.4 is 0 Å². The molecule has 0 bridgehead atoms. The topological polar surface area (TPSA) is 13.6 Å². The Bertz CT molecular complexity index is 734. The number of pyridine rings is 1. The summed E-state index contributed by atoms with van der Waals surface area (Å²) in [5.74, 6) is 2.48. The maximum absolute atomic E-state index is 5.43. The minimum absolute atomic E-state index is 0.345. The van der Waals surface area contributed by atoms with Crippen molar-refractivity contribution in [3.63, 3.8) is 0 Å². The zero-order valence-electron chi connectivity index (χ0n) is 9.97. The number of para-hydroxylation sites is 1. The van der Waals surface area contributed by atoms with Crippen LogP contribution in [-0.4, -0.2) is 11.0 Å². The minimum atomic E-state index is 0.345. The molecule has 3 aromatic rings. The molecule has 2 aromatic heterocycles. The van der Waals surface area contributed by atoms with E-state index in [4.69, 9.17) is 11.2 Å². The number of benzene rings is 1. The smallest absolute Gasteiger partial charge is 0.107 e. The molecule has 0 radical (unpaired) electrons. The van der Waals surface area contributed by atoms with E-state index < -0.39 is 0 Å². The van der Waals surface area contributed by atoms with Crippen LogP contribution in [0.5, 0.6) is 0 Å². The fourth-order valence-electron chi connectivity index (χ4n) is 2.25. The number of rotatable bonds is 3. The van der Waals surface area contributed by atoms with E-state index >= 15 is 0 Å². The molecule has 0 saturated heterocycles. The number of nitrogens with zero attached hydrogens (tertiary/aromatic N) is 1. The van der Waals surface area contributed by atoms with E-state index in [1.807, 2.05) is 12.1 Å². The monoisotopic (exact) mass is 235 g/mol. The number of hydrogen-bond acceptors (Lipinski definition) is 1. The van der Waals surface area contributed by atoms with Gasteiger partial charge in [0.15, 0.2) is 0 Å². The van der Waals surface area contributed by atoms with Crippen molar-refractivity contribution < 1.29 is 4.74 Å². The standard InChI is InChI=1S/C16H13NO/c1-2-11-18-12-15-10-9-14-8-7-13-5-3-4-6-16(13)17(14)15/h1,3-10H,11-12H2. The van der Waals surface area contributed by atoms with E-state index in [1.54, 1.807) is 0 Å². The van der Waals surface area contributed by atoms with Crippen molar-refractivity contribution >= 4 is 16.4 Å². The van der Waals surface area contributed by atoms with Gasteiger partial charge in [0.25, 0.3) is 0 Å². The van der Waals surface area contributed by atoms with Crippen LogP contribution in [-0.2, 0) is 11.3 Å². The van der Waals surface area contributed by atoms with Gasteiger partial charge >= 0.3 is 0 Å². The van der Waals surface area contributed by atoms with Crippen LogP contribution in [0.2, 0.25) is 0 Å². The molecule has 0 fully saturated rings. The summed E-state index contributed by atoms with van der Waals surface area (Å²) < 4.78 is 7.64. The molecule has 0 aliphatic carbocycles. The lowest BCUT2D eigenvalue weighted by atomic mass is 10.2. The molecule has 0 saturated carbocycles. The largest absolute Gasteiger partial charge is 0.363 e. The summed E-state index contributed by atoms with van der Waals surface area (Å²) in [6.45, 7) is 0.879. The predicted molar refractivity (Wildman–Crippen MR) is 73.4 cm³/mol. The summed E-state index contributed by atoms with van der Waals surface area (Å²) in [6, 6.07) is 16.8. The number of aromatic nitrogens is 1. The second-order valence-corrected chi connectivity index (χ2v) is 4.17. The van der Waals surface area contributed by atoms with Gasteiger partial charge in [-0.2, -0.15) is 0 Å². The summed E-state index contributed by atoms with van der Waals surface area (Å²) in [7, 11) is 0. The van der Waals surface area contributed by atoms with Crippen LogP contribution in [0.15, 0.2) is 48.5 Å². The Balaban J connectivity index is 2.15. The Kier molecular flexibility index (Phi) is 2.76. The van der Waals surface area contributed by atoms with Crippen LogP contribution in [0.25, 0.3) is 16.4 Å². The first-order valence-electron chi connectivity index (χ1n) is 5.89. The minimum Gasteiger partial charge on any atom is -0.363 e. The Labute approximate surface area is 106 Å². The molecule has 0 aliphatic heterocycles. The normalized spacial score (nSPS) is 10.8. The van der Waals surface area contributed by atoms with Crippen LogP contribution in [0.1, 0.15) is 5.69 Å². The van der Waals surface area contributed by atoms with Crippen molar-refractivity contribution in [1.29, 1.82) is 0 Å². The average molecular weight is 235 g/mol. The molecule has 0 amide bonds. The molecule has 88 valence electrons. The predicted octanol–water partition coefficient (Wildman–Crippen LogP) is 3.24. The summed E-state index contributed by atoms with van der Waals surface area (Å²) in [5, 5.41) is 1.22. The van der Waals surface area contributed by atoms with Crippen molar-refractivity contribution in [2.75, 3.05) is 6.61 Å². The molecular weight excluding hydrogens is 222 g/mol. The van der Waals surface area contributed by atoms with Crippen LogP contribution in [0.4, 0.5) is 0 Å².